The van der Waals surface area contributed by atoms with E-state index in [0.717, 1.165) is 49.3 Å². The Labute approximate surface area is 154 Å². The van der Waals surface area contributed by atoms with Gasteiger partial charge in [0.2, 0.25) is 5.91 Å². The van der Waals surface area contributed by atoms with Crippen molar-refractivity contribution in [2.75, 3.05) is 32.8 Å². The Morgan fingerprint density at radius 3 is 2.81 bits per heavy atom. The second-order valence-corrected chi connectivity index (χ2v) is 6.69. The van der Waals surface area contributed by atoms with E-state index in [2.05, 4.69) is 15.5 Å². The van der Waals surface area contributed by atoms with Crippen molar-refractivity contribution in [1.82, 2.24) is 15.5 Å². The third-order valence-electron chi connectivity index (χ3n) is 4.66. The molecule has 0 saturated carbocycles. The number of urea groups is 1. The smallest absolute Gasteiger partial charge is 0.321 e. The number of amides is 3. The van der Waals surface area contributed by atoms with Gasteiger partial charge >= 0.3 is 6.03 Å². The van der Waals surface area contributed by atoms with E-state index in [1.165, 1.54) is 0 Å². The molecule has 7 nitrogen and oxygen atoms in total. The molecule has 26 heavy (non-hydrogen) atoms. The Balaban J connectivity index is 1.62. The molecule has 1 atom stereocenters. The predicted molar refractivity (Wildman–Crippen MR) is 97.4 cm³/mol. The Bertz CT molecular complexity index is 650. The summed E-state index contributed by atoms with van der Waals surface area (Å²) in [5.74, 6) is 1.27. The number of ether oxygens (including phenoxy) is 2. The van der Waals surface area contributed by atoms with Crippen molar-refractivity contribution in [3.8, 4) is 11.5 Å². The van der Waals surface area contributed by atoms with Gasteiger partial charge in [0, 0.05) is 19.0 Å². The minimum Gasteiger partial charge on any atom is -0.490 e. The van der Waals surface area contributed by atoms with Crippen molar-refractivity contribution < 1.29 is 19.1 Å². The molecular weight excluding hydrogens is 334 g/mol. The van der Waals surface area contributed by atoms with Gasteiger partial charge in [-0.3, -0.25) is 15.0 Å². The van der Waals surface area contributed by atoms with Crippen LogP contribution in [0.15, 0.2) is 18.2 Å². The largest absolute Gasteiger partial charge is 0.490 e. The summed E-state index contributed by atoms with van der Waals surface area (Å²) in [5.41, 5.74) is 1.12. The van der Waals surface area contributed by atoms with E-state index in [1.54, 1.807) is 0 Å². The number of nitrogens with zero attached hydrogens (tertiary/aromatic N) is 1. The van der Waals surface area contributed by atoms with Gasteiger partial charge in [0.25, 0.3) is 0 Å². The van der Waals surface area contributed by atoms with Crippen molar-refractivity contribution in [3.05, 3.63) is 23.8 Å². The molecule has 2 aliphatic heterocycles. The lowest BCUT2D eigenvalue weighted by molar-refractivity contribution is -0.121. The highest BCUT2D eigenvalue weighted by atomic mass is 16.5. The van der Waals surface area contributed by atoms with Crippen LogP contribution < -0.4 is 20.1 Å². The fourth-order valence-corrected chi connectivity index (χ4v) is 3.41. The molecule has 2 N–H and O–H groups in total. The first kappa shape index (κ1) is 18.5. The zero-order valence-electron chi connectivity index (χ0n) is 15.3. The normalized spacial score (nSPS) is 19.7. The Hall–Kier alpha value is -2.28. The topological polar surface area (TPSA) is 79.9 Å². The van der Waals surface area contributed by atoms with Gasteiger partial charge < -0.3 is 14.8 Å². The number of rotatable bonds is 5. The summed E-state index contributed by atoms with van der Waals surface area (Å²) >= 11 is 0. The minimum atomic E-state index is -0.428. The maximum Gasteiger partial charge on any atom is 0.321 e. The van der Waals surface area contributed by atoms with Gasteiger partial charge in [-0.1, -0.05) is 13.0 Å². The number of hydrogen-bond acceptors (Lipinski definition) is 5. The zero-order valence-corrected chi connectivity index (χ0v) is 15.3. The van der Waals surface area contributed by atoms with Gasteiger partial charge in [-0.15, -0.1) is 0 Å². The first-order valence-corrected chi connectivity index (χ1v) is 9.38. The van der Waals surface area contributed by atoms with Crippen LogP contribution in [-0.2, 0) is 4.79 Å². The number of imide groups is 1. The van der Waals surface area contributed by atoms with Crippen molar-refractivity contribution in [1.29, 1.82) is 0 Å². The van der Waals surface area contributed by atoms with Crippen molar-refractivity contribution in [2.24, 2.45) is 0 Å². The van der Waals surface area contributed by atoms with Gasteiger partial charge in [0.15, 0.2) is 11.5 Å². The number of carbonyl (C=O) groups excluding carboxylic acids is 2. The SMILES string of the molecule is CCCNC(=O)NC(=O)CN1CCC[C@H]1c1ccc2c(c1)OCCCO2. The first-order chi connectivity index (χ1) is 12.7. The highest BCUT2D eigenvalue weighted by molar-refractivity contribution is 5.95. The van der Waals surface area contributed by atoms with Crippen LogP contribution in [0.2, 0.25) is 0 Å². The van der Waals surface area contributed by atoms with Crippen LogP contribution in [0.4, 0.5) is 4.79 Å². The Morgan fingerprint density at radius 2 is 2.00 bits per heavy atom. The third kappa shape index (κ3) is 4.66. The standard InChI is InChI=1S/C19H27N3O4/c1-2-8-20-19(24)21-18(23)13-22-9-3-5-15(22)14-6-7-16-17(12-14)26-11-4-10-25-16/h6-7,12,15H,2-5,8-11,13H2,1H3,(H2,20,21,23,24)/t15-/m0/s1. The van der Waals surface area contributed by atoms with E-state index in [1.807, 2.05) is 25.1 Å². The second-order valence-electron chi connectivity index (χ2n) is 6.69. The van der Waals surface area contributed by atoms with Crippen LogP contribution in [0, 0.1) is 0 Å². The van der Waals surface area contributed by atoms with E-state index >= 15 is 0 Å². The molecule has 142 valence electrons. The molecule has 0 aliphatic carbocycles. The molecule has 2 aliphatic rings. The van der Waals surface area contributed by atoms with Gasteiger partial charge in [-0.2, -0.15) is 0 Å². The molecule has 1 aromatic rings. The van der Waals surface area contributed by atoms with Crippen molar-refractivity contribution in [2.45, 2.75) is 38.6 Å². The Morgan fingerprint density at radius 1 is 1.19 bits per heavy atom. The molecule has 3 amide bonds. The quantitative estimate of drug-likeness (QED) is 0.841. The molecule has 3 rings (SSSR count). The van der Waals surface area contributed by atoms with E-state index in [-0.39, 0.29) is 18.5 Å². The molecule has 1 aromatic carbocycles. The minimum absolute atomic E-state index is 0.150. The number of hydrogen-bond donors (Lipinski definition) is 2. The lowest BCUT2D eigenvalue weighted by Gasteiger charge is -2.24. The van der Waals surface area contributed by atoms with Crippen LogP contribution in [0.1, 0.15) is 44.2 Å². The fourth-order valence-electron chi connectivity index (χ4n) is 3.41. The summed E-state index contributed by atoms with van der Waals surface area (Å²) in [6, 6.07) is 5.74. The fraction of sp³-hybridized carbons (Fsp3) is 0.579. The lowest BCUT2D eigenvalue weighted by atomic mass is 10.0. The number of fused-ring (bicyclic) bond motifs is 1. The number of benzene rings is 1. The average Bonchev–Trinajstić information content (AvgIpc) is 2.95. The number of carbonyl (C=O) groups is 2. The van der Waals surface area contributed by atoms with Gasteiger partial charge in [0.1, 0.15) is 0 Å². The zero-order chi connectivity index (χ0) is 18.4. The Kier molecular flexibility index (Phi) is 6.33. The van der Waals surface area contributed by atoms with Gasteiger partial charge in [0.05, 0.1) is 19.8 Å². The van der Waals surface area contributed by atoms with Crippen LogP contribution in [0.25, 0.3) is 0 Å². The van der Waals surface area contributed by atoms with Gasteiger partial charge in [-0.05, 0) is 43.5 Å². The molecule has 0 bridgehead atoms. The maximum atomic E-state index is 12.2. The summed E-state index contributed by atoms with van der Waals surface area (Å²) in [7, 11) is 0. The molecule has 1 saturated heterocycles. The summed E-state index contributed by atoms with van der Waals surface area (Å²) < 4.78 is 11.5. The van der Waals surface area contributed by atoms with Crippen LogP contribution in [0.5, 0.6) is 11.5 Å². The second kappa shape index (κ2) is 8.89. The summed E-state index contributed by atoms with van der Waals surface area (Å²) in [6.07, 6.45) is 3.71. The predicted octanol–water partition coefficient (Wildman–Crippen LogP) is 2.22. The third-order valence-corrected chi connectivity index (χ3v) is 4.66. The number of nitrogens with one attached hydrogen (secondary N) is 2. The maximum absolute atomic E-state index is 12.2. The van der Waals surface area contributed by atoms with Gasteiger partial charge in [-0.25, -0.2) is 4.79 Å². The van der Waals surface area contributed by atoms with E-state index < -0.39 is 6.03 Å². The van der Waals surface area contributed by atoms with E-state index in [0.29, 0.717) is 19.8 Å². The average molecular weight is 361 g/mol. The molecule has 0 spiro atoms. The molecule has 0 unspecified atom stereocenters. The molecule has 0 aromatic heterocycles. The monoisotopic (exact) mass is 361 g/mol. The van der Waals surface area contributed by atoms with Crippen molar-refractivity contribution in [3.63, 3.8) is 0 Å². The summed E-state index contributed by atoms with van der Waals surface area (Å²) in [6.45, 7) is 4.89. The van der Waals surface area contributed by atoms with Crippen LogP contribution in [-0.4, -0.2) is 49.7 Å². The van der Waals surface area contributed by atoms with Crippen molar-refractivity contribution >= 4 is 11.9 Å². The summed E-state index contributed by atoms with van der Waals surface area (Å²) in [5, 5.41) is 5.05. The molecule has 7 heteroatoms. The van der Waals surface area contributed by atoms with Crippen LogP contribution >= 0.6 is 0 Å². The molecule has 1 fully saturated rings. The van der Waals surface area contributed by atoms with Crippen LogP contribution in [0.3, 0.4) is 0 Å². The summed E-state index contributed by atoms with van der Waals surface area (Å²) in [4.78, 5) is 25.9. The lowest BCUT2D eigenvalue weighted by Crippen LogP contribution is -2.44. The highest BCUT2D eigenvalue weighted by Gasteiger charge is 2.29. The molecular formula is C19H27N3O4. The van der Waals surface area contributed by atoms with E-state index in [9.17, 15) is 9.59 Å². The molecule has 2 heterocycles. The van der Waals surface area contributed by atoms with E-state index in [4.69, 9.17) is 9.47 Å². The number of likely N-dealkylation sites (tertiary alicyclic amines) is 1. The first-order valence-electron chi connectivity index (χ1n) is 9.38. The molecule has 0 radical (unpaired) electrons. The highest BCUT2D eigenvalue weighted by Crippen LogP contribution is 2.37.